The van der Waals surface area contributed by atoms with E-state index in [4.69, 9.17) is 9.47 Å². The molecule has 1 saturated carbocycles. The zero-order valence-electron chi connectivity index (χ0n) is 20.3. The van der Waals surface area contributed by atoms with Gasteiger partial charge in [-0.05, 0) is 82.1 Å². The second kappa shape index (κ2) is 9.95. The molecule has 0 radical (unpaired) electrons. The molecule has 3 aliphatic rings. The van der Waals surface area contributed by atoms with Gasteiger partial charge in [0.15, 0.2) is 0 Å². The lowest BCUT2D eigenvalue weighted by molar-refractivity contribution is -0.160. The summed E-state index contributed by atoms with van der Waals surface area (Å²) in [6, 6.07) is 6.65. The first-order valence-electron chi connectivity index (χ1n) is 12.2. The number of ether oxygens (including phenoxy) is 2. The molecular weight excluding hydrogens is 484 g/mol. The highest BCUT2D eigenvalue weighted by Crippen LogP contribution is 2.43. The van der Waals surface area contributed by atoms with Crippen LogP contribution in [0.4, 0.5) is 5.69 Å². The number of piperidine rings is 1. The molecular formula is C26H37BrN2O4. The van der Waals surface area contributed by atoms with Gasteiger partial charge in [0.2, 0.25) is 0 Å². The summed E-state index contributed by atoms with van der Waals surface area (Å²) in [6.07, 6.45) is 4.27. The van der Waals surface area contributed by atoms with E-state index in [0.29, 0.717) is 28.8 Å². The zero-order chi connectivity index (χ0) is 23.8. The summed E-state index contributed by atoms with van der Waals surface area (Å²) < 4.78 is 10.5. The Morgan fingerprint density at radius 1 is 1.09 bits per heavy atom. The molecule has 33 heavy (non-hydrogen) atoms. The first-order valence-corrected chi connectivity index (χ1v) is 13.3. The van der Waals surface area contributed by atoms with Crippen LogP contribution in [0.2, 0.25) is 0 Å². The first-order chi connectivity index (χ1) is 15.7. The largest absolute Gasteiger partial charge is 0.465 e. The molecule has 4 rings (SSSR count). The van der Waals surface area contributed by atoms with Crippen molar-refractivity contribution in [2.24, 2.45) is 17.8 Å². The number of nitrogens with zero attached hydrogens (tertiary/aromatic N) is 2. The number of halogens is 1. The number of fused-ring (bicyclic) bond motifs is 1. The highest BCUT2D eigenvalue weighted by atomic mass is 79.9. The van der Waals surface area contributed by atoms with Gasteiger partial charge in [0.05, 0.1) is 18.6 Å². The van der Waals surface area contributed by atoms with Crippen molar-refractivity contribution in [2.45, 2.75) is 63.4 Å². The number of rotatable bonds is 5. The summed E-state index contributed by atoms with van der Waals surface area (Å²) in [5.74, 6) is 1.06. The van der Waals surface area contributed by atoms with Crippen LogP contribution in [-0.2, 0) is 19.6 Å². The van der Waals surface area contributed by atoms with Crippen LogP contribution in [0.3, 0.4) is 0 Å². The molecule has 1 unspecified atom stereocenters. The van der Waals surface area contributed by atoms with Crippen LogP contribution in [-0.4, -0.2) is 61.8 Å². The van der Waals surface area contributed by atoms with Crippen LogP contribution in [0.25, 0.3) is 0 Å². The van der Waals surface area contributed by atoms with Crippen LogP contribution in [0, 0.1) is 17.8 Å². The second-order valence-corrected chi connectivity index (χ2v) is 11.4. The van der Waals surface area contributed by atoms with Crippen LogP contribution >= 0.6 is 15.9 Å². The van der Waals surface area contributed by atoms with Crippen LogP contribution in [0.15, 0.2) is 18.2 Å². The molecule has 0 N–H and O–H groups in total. The van der Waals surface area contributed by atoms with Crippen LogP contribution in [0.5, 0.6) is 0 Å². The van der Waals surface area contributed by atoms with Crippen LogP contribution in [0.1, 0.15) is 62.4 Å². The Hall–Kier alpha value is -1.60. The minimum absolute atomic E-state index is 0.00201. The van der Waals surface area contributed by atoms with Gasteiger partial charge in [0.25, 0.3) is 0 Å². The SMILES string of the molecule is COC(=O)c1ccc(N2CCC(N3C[C@H]4CC(C(=O)OC(C)(C)C)C[C@H]4C3)CC2)cc1CBr. The number of anilines is 1. The van der Waals surface area contributed by atoms with E-state index in [9.17, 15) is 9.59 Å². The van der Waals surface area contributed by atoms with E-state index in [1.165, 1.54) is 12.8 Å². The molecule has 182 valence electrons. The average Bonchev–Trinajstić information content (AvgIpc) is 3.37. The quantitative estimate of drug-likeness (QED) is 0.416. The van der Waals surface area contributed by atoms with E-state index in [1.54, 1.807) is 0 Å². The van der Waals surface area contributed by atoms with Gasteiger partial charge >= 0.3 is 11.9 Å². The number of likely N-dealkylation sites (tertiary alicyclic amines) is 1. The summed E-state index contributed by atoms with van der Waals surface area (Å²) in [7, 11) is 1.42. The number of hydrogen-bond acceptors (Lipinski definition) is 6. The average molecular weight is 521 g/mol. The van der Waals surface area contributed by atoms with Gasteiger partial charge in [0, 0.05) is 43.2 Å². The number of carbonyl (C=O) groups is 2. The fraction of sp³-hybridized carbons (Fsp3) is 0.692. The predicted octanol–water partition coefficient (Wildman–Crippen LogP) is 4.64. The highest BCUT2D eigenvalue weighted by molar-refractivity contribution is 9.08. The Balaban J connectivity index is 1.29. The lowest BCUT2D eigenvalue weighted by Crippen LogP contribution is -2.44. The zero-order valence-corrected chi connectivity index (χ0v) is 21.9. The maximum atomic E-state index is 12.5. The van der Waals surface area contributed by atoms with E-state index in [2.05, 4.69) is 31.8 Å². The molecule has 1 aromatic carbocycles. The molecule has 1 aliphatic carbocycles. The Kier molecular flexibility index (Phi) is 7.39. The lowest BCUT2D eigenvalue weighted by atomic mass is 10.0. The number of methoxy groups -OCH3 is 1. The predicted molar refractivity (Wildman–Crippen MR) is 133 cm³/mol. The molecule has 6 nitrogen and oxygen atoms in total. The van der Waals surface area contributed by atoms with Crippen molar-refractivity contribution in [3.8, 4) is 0 Å². The molecule has 0 amide bonds. The van der Waals surface area contributed by atoms with Crippen molar-refractivity contribution < 1.29 is 19.1 Å². The van der Waals surface area contributed by atoms with Gasteiger partial charge in [-0.2, -0.15) is 0 Å². The molecule has 2 saturated heterocycles. The van der Waals surface area contributed by atoms with Gasteiger partial charge in [-0.1, -0.05) is 15.9 Å². The van der Waals surface area contributed by atoms with E-state index < -0.39 is 5.60 Å². The third kappa shape index (κ3) is 5.56. The van der Waals surface area contributed by atoms with Crippen molar-refractivity contribution in [3.05, 3.63) is 29.3 Å². The summed E-state index contributed by atoms with van der Waals surface area (Å²) >= 11 is 3.51. The minimum atomic E-state index is -0.399. The van der Waals surface area contributed by atoms with E-state index in [-0.39, 0.29) is 17.9 Å². The third-order valence-corrected chi connectivity index (χ3v) is 8.11. The number of carbonyl (C=O) groups excluding carboxylic acids is 2. The molecule has 2 heterocycles. The number of alkyl halides is 1. The Bertz CT molecular complexity index is 862. The first kappa shape index (κ1) is 24.5. The molecule has 1 aromatic rings. The fourth-order valence-corrected chi connectivity index (χ4v) is 6.36. The molecule has 3 atom stereocenters. The molecule has 0 bridgehead atoms. The van der Waals surface area contributed by atoms with Crippen molar-refractivity contribution >= 4 is 33.6 Å². The normalized spacial score (nSPS) is 26.3. The monoisotopic (exact) mass is 520 g/mol. The van der Waals surface area contributed by atoms with Gasteiger partial charge in [-0.15, -0.1) is 0 Å². The fourth-order valence-electron chi connectivity index (χ4n) is 5.90. The molecule has 2 aliphatic heterocycles. The van der Waals surface area contributed by atoms with Crippen molar-refractivity contribution in [1.82, 2.24) is 4.90 Å². The van der Waals surface area contributed by atoms with Gasteiger partial charge in [-0.25, -0.2) is 4.79 Å². The van der Waals surface area contributed by atoms with E-state index in [1.807, 2.05) is 32.9 Å². The molecule has 3 fully saturated rings. The molecule has 7 heteroatoms. The van der Waals surface area contributed by atoms with Crippen LogP contribution < -0.4 is 4.90 Å². The summed E-state index contributed by atoms with van der Waals surface area (Å²) in [4.78, 5) is 29.6. The highest BCUT2D eigenvalue weighted by Gasteiger charge is 2.46. The third-order valence-electron chi connectivity index (χ3n) is 7.50. The number of benzene rings is 1. The van der Waals surface area contributed by atoms with Gasteiger partial charge in [0.1, 0.15) is 5.60 Å². The minimum Gasteiger partial charge on any atom is -0.465 e. The van der Waals surface area contributed by atoms with Crippen molar-refractivity contribution in [1.29, 1.82) is 0 Å². The Morgan fingerprint density at radius 3 is 2.27 bits per heavy atom. The van der Waals surface area contributed by atoms with Gasteiger partial charge in [-0.3, -0.25) is 9.69 Å². The van der Waals surface area contributed by atoms with E-state index >= 15 is 0 Å². The standard InChI is InChI=1S/C26H37BrN2O4/c1-26(2,3)33-24(30)17-11-19-15-29(16-20(19)12-17)21-7-9-28(10-8-21)22-5-6-23(25(31)32-4)18(13-22)14-27/h5-6,13,17,19-21H,7-12,14-16H2,1-4H3/t17?,19-,20+. The maximum Gasteiger partial charge on any atom is 0.338 e. The Morgan fingerprint density at radius 2 is 1.73 bits per heavy atom. The second-order valence-electron chi connectivity index (χ2n) is 10.9. The summed E-state index contributed by atoms with van der Waals surface area (Å²) in [5, 5.41) is 0.628. The lowest BCUT2D eigenvalue weighted by Gasteiger charge is -2.38. The molecule has 0 spiro atoms. The summed E-state index contributed by atoms with van der Waals surface area (Å²) in [6.45, 7) is 10.1. The molecule has 0 aromatic heterocycles. The topological polar surface area (TPSA) is 59.1 Å². The van der Waals surface area contributed by atoms with Gasteiger partial charge < -0.3 is 14.4 Å². The van der Waals surface area contributed by atoms with E-state index in [0.717, 1.165) is 57.4 Å². The maximum absolute atomic E-state index is 12.5. The smallest absolute Gasteiger partial charge is 0.338 e. The van der Waals surface area contributed by atoms with Crippen molar-refractivity contribution in [2.75, 3.05) is 38.2 Å². The number of hydrogen-bond donors (Lipinski definition) is 0. The number of esters is 2. The Labute approximate surface area is 206 Å². The summed E-state index contributed by atoms with van der Waals surface area (Å²) in [5.41, 5.74) is 2.37. The van der Waals surface area contributed by atoms with Crippen molar-refractivity contribution in [3.63, 3.8) is 0 Å².